The molecule has 0 fully saturated rings. The molecule has 8 nitrogen and oxygen atoms in total. The first-order valence-corrected chi connectivity index (χ1v) is 8.60. The maximum atomic E-state index is 11.5. The first kappa shape index (κ1) is 19.3. The lowest BCUT2D eigenvalue weighted by molar-refractivity contribution is 0.0600. The molecule has 2 aromatic carbocycles. The van der Waals surface area contributed by atoms with Gasteiger partial charge < -0.3 is 14.2 Å². The third-order valence-corrected chi connectivity index (χ3v) is 4.21. The molecular weight excluding hydrogens is 380 g/mol. The molecule has 1 aromatic heterocycles. The summed E-state index contributed by atoms with van der Waals surface area (Å²) in [5.41, 5.74) is 2.00. The zero-order valence-electron chi connectivity index (χ0n) is 15.5. The van der Waals surface area contributed by atoms with Crippen LogP contribution in [0.2, 0.25) is 0 Å². The van der Waals surface area contributed by atoms with Gasteiger partial charge in [0.15, 0.2) is 17.3 Å². The number of nitrogens with zero attached hydrogens (tertiary/aromatic N) is 3. The first-order chi connectivity index (χ1) is 13.6. The van der Waals surface area contributed by atoms with Gasteiger partial charge in [-0.2, -0.15) is 14.9 Å². The van der Waals surface area contributed by atoms with Crippen molar-refractivity contribution in [3.63, 3.8) is 0 Å². The summed E-state index contributed by atoms with van der Waals surface area (Å²) in [4.78, 5) is 11.5. The van der Waals surface area contributed by atoms with Gasteiger partial charge in [-0.25, -0.2) is 9.89 Å². The Morgan fingerprint density at radius 3 is 2.46 bits per heavy atom. The zero-order valence-corrected chi connectivity index (χ0v) is 16.3. The van der Waals surface area contributed by atoms with Crippen LogP contribution in [-0.4, -0.2) is 48.4 Å². The predicted molar refractivity (Wildman–Crippen MR) is 107 cm³/mol. The molecule has 0 unspecified atom stereocenters. The van der Waals surface area contributed by atoms with Gasteiger partial charge in [-0.05, 0) is 48.1 Å². The Morgan fingerprint density at radius 2 is 1.82 bits per heavy atom. The molecule has 0 amide bonds. The van der Waals surface area contributed by atoms with Crippen molar-refractivity contribution < 1.29 is 19.0 Å². The lowest BCUT2D eigenvalue weighted by atomic mass is 10.1. The van der Waals surface area contributed by atoms with Gasteiger partial charge in [-0.1, -0.05) is 12.1 Å². The van der Waals surface area contributed by atoms with Crippen molar-refractivity contribution in [2.24, 2.45) is 5.10 Å². The summed E-state index contributed by atoms with van der Waals surface area (Å²) in [6.45, 7) is 0. The Hall–Kier alpha value is -3.46. The molecule has 3 rings (SSSR count). The number of H-pyrrole nitrogens is 1. The van der Waals surface area contributed by atoms with E-state index in [1.165, 1.54) is 11.8 Å². The van der Waals surface area contributed by atoms with E-state index < -0.39 is 5.97 Å². The molecule has 1 N–H and O–H groups in total. The number of carbonyl (C=O) groups is 1. The average molecular weight is 398 g/mol. The standard InChI is InChI=1S/C19H18N4O4S/c1-25-15-9-8-14(10-16(15)26-2)17-21-22-19(28)23(17)20-11-12-4-6-13(7-5-12)18(24)27-3/h4-11H,1-3H3,(H,22,28)/b20-11-. The number of rotatable bonds is 6. The lowest BCUT2D eigenvalue weighted by Crippen LogP contribution is -2.01. The van der Waals surface area contributed by atoms with Gasteiger partial charge in [0, 0.05) is 5.56 Å². The minimum atomic E-state index is -0.392. The Balaban J connectivity index is 1.92. The molecule has 0 aliphatic heterocycles. The van der Waals surface area contributed by atoms with Gasteiger partial charge in [0.25, 0.3) is 0 Å². The second-order valence-electron chi connectivity index (χ2n) is 5.59. The van der Waals surface area contributed by atoms with E-state index in [9.17, 15) is 4.79 Å². The number of hydrogen-bond donors (Lipinski definition) is 1. The van der Waals surface area contributed by atoms with E-state index in [4.69, 9.17) is 21.7 Å². The minimum Gasteiger partial charge on any atom is -0.493 e. The van der Waals surface area contributed by atoms with E-state index in [2.05, 4.69) is 20.0 Å². The number of esters is 1. The summed E-state index contributed by atoms with van der Waals surface area (Å²) in [5.74, 6) is 1.31. The lowest BCUT2D eigenvalue weighted by Gasteiger charge is -2.09. The topological polar surface area (TPSA) is 90.7 Å². The van der Waals surface area contributed by atoms with E-state index in [0.29, 0.717) is 27.7 Å². The third-order valence-electron chi connectivity index (χ3n) is 3.95. The van der Waals surface area contributed by atoms with Crippen LogP contribution in [0.4, 0.5) is 0 Å². The molecule has 0 spiro atoms. The summed E-state index contributed by atoms with van der Waals surface area (Å²) < 4.78 is 17.1. The van der Waals surface area contributed by atoms with Crippen LogP contribution in [0.25, 0.3) is 11.4 Å². The van der Waals surface area contributed by atoms with Crippen LogP contribution in [0.15, 0.2) is 47.6 Å². The van der Waals surface area contributed by atoms with Crippen LogP contribution < -0.4 is 9.47 Å². The van der Waals surface area contributed by atoms with Crippen LogP contribution in [0.3, 0.4) is 0 Å². The molecule has 0 bridgehead atoms. The molecule has 0 radical (unpaired) electrons. The molecule has 9 heteroatoms. The van der Waals surface area contributed by atoms with Gasteiger partial charge in [-0.3, -0.25) is 0 Å². The first-order valence-electron chi connectivity index (χ1n) is 8.20. The van der Waals surface area contributed by atoms with E-state index in [1.54, 1.807) is 56.8 Å². The molecule has 144 valence electrons. The molecule has 0 saturated carbocycles. The van der Waals surface area contributed by atoms with E-state index in [0.717, 1.165) is 11.1 Å². The van der Waals surface area contributed by atoms with Crippen molar-refractivity contribution in [2.45, 2.75) is 0 Å². The van der Waals surface area contributed by atoms with Gasteiger partial charge in [-0.15, -0.1) is 0 Å². The quantitative estimate of drug-likeness (QED) is 0.389. The largest absolute Gasteiger partial charge is 0.493 e. The number of hydrogen-bond acceptors (Lipinski definition) is 7. The molecule has 1 heterocycles. The highest BCUT2D eigenvalue weighted by Gasteiger charge is 2.12. The zero-order chi connectivity index (χ0) is 20.1. The fraction of sp³-hybridized carbons (Fsp3) is 0.158. The number of aromatic nitrogens is 3. The summed E-state index contributed by atoms with van der Waals surface area (Å²) in [7, 11) is 4.48. The molecular formula is C19H18N4O4S. The maximum absolute atomic E-state index is 11.5. The number of ether oxygens (including phenoxy) is 3. The number of carbonyl (C=O) groups excluding carboxylic acids is 1. The maximum Gasteiger partial charge on any atom is 0.337 e. The normalized spacial score (nSPS) is 10.8. The average Bonchev–Trinajstić information content (AvgIpc) is 3.11. The van der Waals surface area contributed by atoms with Crippen LogP contribution in [0, 0.1) is 4.77 Å². The fourth-order valence-electron chi connectivity index (χ4n) is 2.51. The molecule has 0 aliphatic rings. The number of nitrogens with one attached hydrogen (secondary N) is 1. The highest BCUT2D eigenvalue weighted by molar-refractivity contribution is 7.71. The Kier molecular flexibility index (Phi) is 5.85. The van der Waals surface area contributed by atoms with Crippen molar-refractivity contribution >= 4 is 24.4 Å². The number of aromatic amines is 1. The second-order valence-corrected chi connectivity index (χ2v) is 5.98. The second kappa shape index (κ2) is 8.49. The minimum absolute atomic E-state index is 0.340. The van der Waals surface area contributed by atoms with Gasteiger partial charge in [0.1, 0.15) is 0 Å². The monoisotopic (exact) mass is 398 g/mol. The Bertz CT molecular complexity index is 1070. The van der Waals surface area contributed by atoms with Crippen LogP contribution in [-0.2, 0) is 4.74 Å². The van der Waals surface area contributed by atoms with Gasteiger partial charge >= 0.3 is 5.97 Å². The highest BCUT2D eigenvalue weighted by Crippen LogP contribution is 2.31. The van der Waals surface area contributed by atoms with Crippen LogP contribution in [0.1, 0.15) is 15.9 Å². The van der Waals surface area contributed by atoms with Gasteiger partial charge in [0.05, 0.1) is 33.1 Å². The van der Waals surface area contributed by atoms with Crippen molar-refractivity contribution in [1.82, 2.24) is 14.9 Å². The molecule has 0 aliphatic carbocycles. The summed E-state index contributed by atoms with van der Waals surface area (Å²) in [6.07, 6.45) is 1.62. The molecule has 28 heavy (non-hydrogen) atoms. The Morgan fingerprint density at radius 1 is 1.11 bits per heavy atom. The van der Waals surface area contributed by atoms with Gasteiger partial charge in [0.2, 0.25) is 4.77 Å². The van der Waals surface area contributed by atoms with Crippen molar-refractivity contribution in [1.29, 1.82) is 0 Å². The number of methoxy groups -OCH3 is 3. The molecule has 0 atom stereocenters. The third kappa shape index (κ3) is 3.94. The van der Waals surface area contributed by atoms with Crippen LogP contribution in [0.5, 0.6) is 11.5 Å². The summed E-state index contributed by atoms with van der Waals surface area (Å²) in [5, 5.41) is 11.4. The summed E-state index contributed by atoms with van der Waals surface area (Å²) >= 11 is 5.28. The molecule has 3 aromatic rings. The van der Waals surface area contributed by atoms with E-state index in [-0.39, 0.29) is 0 Å². The Labute approximate surface area is 166 Å². The smallest absolute Gasteiger partial charge is 0.337 e. The summed E-state index contributed by atoms with van der Waals surface area (Å²) in [6, 6.07) is 12.3. The van der Waals surface area contributed by atoms with Crippen molar-refractivity contribution in [3.8, 4) is 22.9 Å². The van der Waals surface area contributed by atoms with Crippen molar-refractivity contribution in [2.75, 3.05) is 21.3 Å². The number of benzene rings is 2. The van der Waals surface area contributed by atoms with Crippen LogP contribution >= 0.6 is 12.2 Å². The van der Waals surface area contributed by atoms with Crippen molar-refractivity contribution in [3.05, 3.63) is 58.4 Å². The van der Waals surface area contributed by atoms with E-state index >= 15 is 0 Å². The predicted octanol–water partition coefficient (Wildman–Crippen LogP) is 3.29. The fourth-order valence-corrected chi connectivity index (χ4v) is 2.69. The highest BCUT2D eigenvalue weighted by atomic mass is 32.1. The SMILES string of the molecule is COC(=O)c1ccc(/C=N\n2c(-c3ccc(OC)c(OC)c3)n[nH]c2=S)cc1. The van der Waals surface area contributed by atoms with E-state index in [1.807, 2.05) is 6.07 Å². The molecule has 0 saturated heterocycles.